The minimum atomic E-state index is -0.539. The van der Waals surface area contributed by atoms with Crippen LogP contribution in [0.3, 0.4) is 0 Å². The first kappa shape index (κ1) is 13.9. The molecule has 4 nitrogen and oxygen atoms in total. The monoisotopic (exact) mass is 313 g/mol. The number of benzene rings is 1. The van der Waals surface area contributed by atoms with Crippen molar-refractivity contribution in [2.24, 2.45) is 5.92 Å². The van der Waals surface area contributed by atoms with Crippen LogP contribution in [-0.4, -0.2) is 48.5 Å². The predicted molar refractivity (Wildman–Crippen MR) is 87.1 cm³/mol. The fourth-order valence-electron chi connectivity index (χ4n) is 5.67. The minimum absolute atomic E-state index is 0.0814. The Morgan fingerprint density at radius 2 is 2.26 bits per heavy atom. The van der Waals surface area contributed by atoms with Gasteiger partial charge in [-0.2, -0.15) is 0 Å². The summed E-state index contributed by atoms with van der Waals surface area (Å²) in [6.45, 7) is 4.41. The van der Waals surface area contributed by atoms with Gasteiger partial charge in [-0.25, -0.2) is 0 Å². The number of likely N-dealkylation sites (tertiary alicyclic amines) is 1. The summed E-state index contributed by atoms with van der Waals surface area (Å²) in [6.07, 6.45) is 5.59. The lowest BCUT2D eigenvalue weighted by molar-refractivity contribution is -0.0503. The van der Waals surface area contributed by atoms with Crippen LogP contribution in [0.5, 0.6) is 11.5 Å². The molecular formula is C19H23NO3. The van der Waals surface area contributed by atoms with E-state index in [0.29, 0.717) is 12.0 Å². The molecule has 1 aromatic rings. The van der Waals surface area contributed by atoms with Crippen LogP contribution in [-0.2, 0) is 11.8 Å². The molecule has 4 heteroatoms. The zero-order valence-corrected chi connectivity index (χ0v) is 13.7. The Morgan fingerprint density at radius 1 is 1.39 bits per heavy atom. The highest BCUT2D eigenvalue weighted by Gasteiger charge is 2.64. The molecule has 0 radical (unpaired) electrons. The summed E-state index contributed by atoms with van der Waals surface area (Å²) in [5.74, 6) is 2.10. The van der Waals surface area contributed by atoms with E-state index >= 15 is 0 Å². The maximum atomic E-state index is 10.6. The van der Waals surface area contributed by atoms with Crippen LogP contribution < -0.4 is 9.47 Å². The number of rotatable bonds is 2. The summed E-state index contributed by atoms with van der Waals surface area (Å²) in [7, 11) is 1.69. The number of aliphatic hydroxyl groups excluding tert-OH is 1. The van der Waals surface area contributed by atoms with Crippen LogP contribution >= 0.6 is 0 Å². The Balaban J connectivity index is 1.79. The van der Waals surface area contributed by atoms with Crippen molar-refractivity contribution >= 4 is 0 Å². The normalized spacial score (nSPS) is 39.8. The Morgan fingerprint density at radius 3 is 3.04 bits per heavy atom. The van der Waals surface area contributed by atoms with E-state index in [4.69, 9.17) is 9.47 Å². The molecule has 1 aromatic carbocycles. The Labute approximate surface area is 136 Å². The van der Waals surface area contributed by atoms with Crippen molar-refractivity contribution in [2.75, 3.05) is 20.2 Å². The largest absolute Gasteiger partial charge is 0.493 e. The molecule has 0 saturated carbocycles. The molecule has 2 heterocycles. The fourth-order valence-corrected chi connectivity index (χ4v) is 5.67. The first-order chi connectivity index (χ1) is 11.2. The van der Waals surface area contributed by atoms with Gasteiger partial charge in [-0.05, 0) is 37.6 Å². The second kappa shape index (κ2) is 4.52. The number of nitrogens with zero attached hydrogens (tertiary/aromatic N) is 1. The topological polar surface area (TPSA) is 41.9 Å². The van der Waals surface area contributed by atoms with Gasteiger partial charge in [0.1, 0.15) is 12.2 Å². The summed E-state index contributed by atoms with van der Waals surface area (Å²) in [6, 6.07) is 4.74. The highest BCUT2D eigenvalue weighted by Crippen LogP contribution is 2.62. The number of hydrogen-bond acceptors (Lipinski definition) is 4. The molecule has 1 fully saturated rings. The molecule has 4 aliphatic rings. The average molecular weight is 313 g/mol. The number of hydrogen-bond donors (Lipinski definition) is 1. The molecule has 5 atom stereocenters. The van der Waals surface area contributed by atoms with Crippen molar-refractivity contribution in [2.45, 2.75) is 43.4 Å². The van der Waals surface area contributed by atoms with Gasteiger partial charge in [0.2, 0.25) is 0 Å². The van der Waals surface area contributed by atoms with E-state index in [1.807, 2.05) is 12.1 Å². The molecule has 122 valence electrons. The van der Waals surface area contributed by atoms with Gasteiger partial charge in [-0.15, -0.1) is 0 Å². The van der Waals surface area contributed by atoms with Crippen molar-refractivity contribution in [3.05, 3.63) is 35.4 Å². The van der Waals surface area contributed by atoms with Crippen molar-refractivity contribution < 1.29 is 14.6 Å². The van der Waals surface area contributed by atoms with Gasteiger partial charge in [-0.1, -0.05) is 25.1 Å². The Hall–Kier alpha value is -1.52. The fraction of sp³-hybridized carbons (Fsp3) is 0.579. The van der Waals surface area contributed by atoms with Gasteiger partial charge < -0.3 is 14.6 Å². The Kier molecular flexibility index (Phi) is 2.73. The highest BCUT2D eigenvalue weighted by atomic mass is 16.5. The van der Waals surface area contributed by atoms with Crippen LogP contribution in [0, 0.1) is 5.92 Å². The first-order valence-electron chi connectivity index (χ1n) is 8.68. The van der Waals surface area contributed by atoms with Gasteiger partial charge in [0.05, 0.1) is 7.11 Å². The van der Waals surface area contributed by atoms with Gasteiger partial charge >= 0.3 is 0 Å². The van der Waals surface area contributed by atoms with Crippen LogP contribution in [0.1, 0.15) is 24.5 Å². The summed E-state index contributed by atoms with van der Waals surface area (Å²) in [5, 5.41) is 10.6. The van der Waals surface area contributed by atoms with Crippen LogP contribution in [0.25, 0.3) is 0 Å². The van der Waals surface area contributed by atoms with Crippen molar-refractivity contribution in [1.29, 1.82) is 0 Å². The van der Waals surface area contributed by atoms with Gasteiger partial charge in [0, 0.05) is 22.9 Å². The van der Waals surface area contributed by atoms with E-state index < -0.39 is 6.10 Å². The molecule has 1 N–H and O–H groups in total. The number of ether oxygens (including phenoxy) is 2. The first-order valence-corrected chi connectivity index (χ1v) is 8.68. The molecule has 2 aliphatic carbocycles. The van der Waals surface area contributed by atoms with E-state index in [1.54, 1.807) is 7.11 Å². The van der Waals surface area contributed by atoms with Crippen LogP contribution in [0.15, 0.2) is 24.3 Å². The molecular weight excluding hydrogens is 290 g/mol. The molecule has 1 spiro atoms. The molecule has 2 bridgehead atoms. The Bertz CT molecular complexity index is 700. The van der Waals surface area contributed by atoms with E-state index in [2.05, 4.69) is 24.0 Å². The van der Waals surface area contributed by atoms with Crippen LogP contribution in [0.4, 0.5) is 0 Å². The number of methoxy groups -OCH3 is 1. The lowest BCUT2D eigenvalue weighted by Crippen LogP contribution is -2.65. The molecule has 5 rings (SSSR count). The second-order valence-electron chi connectivity index (χ2n) is 7.26. The summed E-state index contributed by atoms with van der Waals surface area (Å²) in [5.41, 5.74) is 2.62. The third kappa shape index (κ3) is 1.49. The van der Waals surface area contributed by atoms with Crippen LogP contribution in [0.2, 0.25) is 0 Å². The van der Waals surface area contributed by atoms with Crippen molar-refractivity contribution in [3.63, 3.8) is 0 Å². The van der Waals surface area contributed by atoms with E-state index in [9.17, 15) is 5.11 Å². The lowest BCUT2D eigenvalue weighted by atomic mass is 9.53. The second-order valence-corrected chi connectivity index (χ2v) is 7.26. The molecule has 2 aliphatic heterocycles. The zero-order valence-electron chi connectivity index (χ0n) is 13.7. The third-order valence-corrected chi connectivity index (χ3v) is 6.60. The quantitative estimate of drug-likeness (QED) is 0.847. The highest BCUT2D eigenvalue weighted by molar-refractivity contribution is 5.62. The molecule has 1 saturated heterocycles. The maximum absolute atomic E-state index is 10.6. The lowest BCUT2D eigenvalue weighted by Gasteiger charge is -2.57. The number of aliphatic hydroxyl groups is 1. The molecule has 0 unspecified atom stereocenters. The maximum Gasteiger partial charge on any atom is 0.165 e. The summed E-state index contributed by atoms with van der Waals surface area (Å²) >= 11 is 0. The number of likely N-dealkylation sites (N-methyl/N-ethyl adjacent to an activating group) is 1. The SMILES string of the molecule is CCN1CC[C@]23c4c5ccc(OC)c4O[C@H]2[C@@H](O)C=C[C@H]3[C@H]1C5. The van der Waals surface area contributed by atoms with E-state index in [1.165, 1.54) is 11.1 Å². The summed E-state index contributed by atoms with van der Waals surface area (Å²) in [4.78, 5) is 2.60. The molecule has 0 amide bonds. The van der Waals surface area contributed by atoms with Gasteiger partial charge in [0.25, 0.3) is 0 Å². The number of piperidine rings is 1. The van der Waals surface area contributed by atoms with E-state index in [0.717, 1.165) is 37.4 Å². The van der Waals surface area contributed by atoms with E-state index in [-0.39, 0.29) is 11.5 Å². The van der Waals surface area contributed by atoms with Gasteiger partial charge in [0.15, 0.2) is 11.5 Å². The van der Waals surface area contributed by atoms with Crippen molar-refractivity contribution in [3.8, 4) is 11.5 Å². The minimum Gasteiger partial charge on any atom is -0.493 e. The summed E-state index contributed by atoms with van der Waals surface area (Å²) < 4.78 is 11.9. The predicted octanol–water partition coefficient (Wildman–Crippen LogP) is 1.89. The molecule has 23 heavy (non-hydrogen) atoms. The average Bonchev–Trinajstić information content (AvgIpc) is 2.91. The third-order valence-electron chi connectivity index (χ3n) is 6.60. The zero-order chi connectivity index (χ0) is 15.8. The molecule has 0 aromatic heterocycles. The smallest absolute Gasteiger partial charge is 0.165 e. The van der Waals surface area contributed by atoms with Crippen molar-refractivity contribution in [1.82, 2.24) is 4.90 Å². The standard InChI is InChI=1S/C19H23NO3/c1-3-20-9-8-19-12-5-6-14(21)18(19)23-17-15(22-2)7-4-11(16(17)19)10-13(12)20/h4-7,12-14,18,21H,3,8-10H2,1-2H3/t12-,13+,14-,18-,19-/m0/s1. The van der Waals surface area contributed by atoms with Gasteiger partial charge in [-0.3, -0.25) is 4.90 Å².